The van der Waals surface area contributed by atoms with Gasteiger partial charge < -0.3 is 14.5 Å². The van der Waals surface area contributed by atoms with Crippen molar-refractivity contribution in [2.75, 3.05) is 12.4 Å². The largest absolute Gasteiger partial charge is 0.493 e. The van der Waals surface area contributed by atoms with Crippen molar-refractivity contribution in [1.29, 1.82) is 0 Å². The summed E-state index contributed by atoms with van der Waals surface area (Å²) in [7, 11) is 1.49. The van der Waals surface area contributed by atoms with Crippen molar-refractivity contribution in [3.8, 4) is 17.0 Å². The Bertz CT molecular complexity index is 1550. The van der Waals surface area contributed by atoms with Crippen LogP contribution in [0.2, 0.25) is 0 Å². The zero-order valence-electron chi connectivity index (χ0n) is 17.3. The topological polar surface area (TPSA) is 98.7 Å². The molecular formula is C24H18N4O4. The van der Waals surface area contributed by atoms with Crippen molar-refractivity contribution in [3.63, 3.8) is 0 Å². The van der Waals surface area contributed by atoms with E-state index >= 15 is 0 Å². The smallest absolute Gasteiger partial charge is 0.349 e. The molecule has 0 spiro atoms. The molecule has 158 valence electrons. The molecule has 8 heteroatoms. The van der Waals surface area contributed by atoms with Crippen molar-refractivity contribution >= 4 is 28.3 Å². The second-order valence-corrected chi connectivity index (χ2v) is 7.20. The van der Waals surface area contributed by atoms with Crippen LogP contribution in [0, 0.1) is 6.92 Å². The summed E-state index contributed by atoms with van der Waals surface area (Å²) < 4.78 is 12.5. The Hall–Kier alpha value is -4.46. The van der Waals surface area contributed by atoms with Crippen LogP contribution in [-0.4, -0.2) is 27.4 Å². The summed E-state index contributed by atoms with van der Waals surface area (Å²) in [5.41, 5.74) is 2.51. The van der Waals surface area contributed by atoms with Gasteiger partial charge in [-0.25, -0.2) is 14.8 Å². The van der Waals surface area contributed by atoms with Gasteiger partial charge >= 0.3 is 5.63 Å². The number of para-hydroxylation sites is 1. The van der Waals surface area contributed by atoms with E-state index in [0.29, 0.717) is 28.2 Å². The number of aryl methyl sites for hydroxylation is 1. The third-order valence-electron chi connectivity index (χ3n) is 5.22. The number of hydrogen-bond acceptors (Lipinski definition) is 6. The molecule has 5 aromatic rings. The van der Waals surface area contributed by atoms with Crippen LogP contribution >= 0.6 is 0 Å². The molecule has 1 amide bonds. The first-order valence-corrected chi connectivity index (χ1v) is 9.87. The molecule has 0 fully saturated rings. The maximum absolute atomic E-state index is 12.9. The number of carbonyl (C=O) groups is 1. The van der Waals surface area contributed by atoms with E-state index in [4.69, 9.17) is 9.15 Å². The first-order valence-electron chi connectivity index (χ1n) is 9.87. The molecule has 5 rings (SSSR count). The van der Waals surface area contributed by atoms with E-state index in [-0.39, 0.29) is 5.56 Å². The van der Waals surface area contributed by atoms with Crippen molar-refractivity contribution in [2.45, 2.75) is 6.92 Å². The summed E-state index contributed by atoms with van der Waals surface area (Å²) in [6.45, 7) is 1.96. The highest BCUT2D eigenvalue weighted by Crippen LogP contribution is 2.27. The highest BCUT2D eigenvalue weighted by Gasteiger charge is 2.17. The van der Waals surface area contributed by atoms with Gasteiger partial charge in [0.2, 0.25) is 5.78 Å². The first-order chi connectivity index (χ1) is 15.5. The lowest BCUT2D eigenvalue weighted by atomic mass is 10.1. The van der Waals surface area contributed by atoms with Crippen molar-refractivity contribution in [1.82, 2.24) is 14.4 Å². The first kappa shape index (κ1) is 19.5. The molecule has 3 heterocycles. The van der Waals surface area contributed by atoms with Crippen LogP contribution in [-0.2, 0) is 0 Å². The van der Waals surface area contributed by atoms with Gasteiger partial charge in [0.25, 0.3) is 5.91 Å². The standard InChI is InChI=1S/C24H18N4O4/c1-14-20(27-24-25-10-5-11-28(14)24)15-6-3-8-17(12-15)26-22(29)18-13-16-7-4-9-19(31-2)21(16)32-23(18)30/h3-13H,1-2H3,(H,26,29). The summed E-state index contributed by atoms with van der Waals surface area (Å²) in [6, 6.07) is 15.8. The second-order valence-electron chi connectivity index (χ2n) is 7.20. The molecule has 8 nitrogen and oxygen atoms in total. The molecule has 0 saturated carbocycles. The van der Waals surface area contributed by atoms with E-state index in [1.54, 1.807) is 36.5 Å². The van der Waals surface area contributed by atoms with Gasteiger partial charge in [-0.3, -0.25) is 9.20 Å². The minimum atomic E-state index is -0.738. The van der Waals surface area contributed by atoms with Crippen molar-refractivity contribution < 1.29 is 13.9 Å². The number of amides is 1. The monoisotopic (exact) mass is 426 g/mol. The Morgan fingerprint density at radius 1 is 1.12 bits per heavy atom. The third-order valence-corrected chi connectivity index (χ3v) is 5.22. The minimum Gasteiger partial charge on any atom is -0.493 e. The maximum Gasteiger partial charge on any atom is 0.349 e. The molecule has 2 aromatic carbocycles. The highest BCUT2D eigenvalue weighted by molar-refractivity contribution is 6.05. The molecule has 1 N–H and O–H groups in total. The molecule has 0 unspecified atom stereocenters. The lowest BCUT2D eigenvalue weighted by molar-refractivity contribution is 0.102. The molecule has 3 aromatic heterocycles. The number of hydrogen-bond donors (Lipinski definition) is 1. The number of aromatic nitrogens is 3. The van der Waals surface area contributed by atoms with E-state index in [9.17, 15) is 9.59 Å². The summed E-state index contributed by atoms with van der Waals surface area (Å²) in [4.78, 5) is 34.2. The predicted octanol–water partition coefficient (Wildman–Crippen LogP) is 4.07. The van der Waals surface area contributed by atoms with Crippen LogP contribution in [0.4, 0.5) is 5.69 Å². The molecule has 0 aliphatic rings. The molecular weight excluding hydrogens is 408 g/mol. The van der Waals surface area contributed by atoms with Gasteiger partial charge in [0.1, 0.15) is 5.56 Å². The van der Waals surface area contributed by atoms with Crippen molar-refractivity contribution in [2.24, 2.45) is 0 Å². The fraction of sp³-hybridized carbons (Fsp3) is 0.0833. The zero-order valence-corrected chi connectivity index (χ0v) is 17.3. The predicted molar refractivity (Wildman–Crippen MR) is 120 cm³/mol. The SMILES string of the molecule is COc1cccc2cc(C(=O)Nc3cccc(-c4nc5ncccn5c4C)c3)c(=O)oc12. The minimum absolute atomic E-state index is 0.0933. The average molecular weight is 426 g/mol. The summed E-state index contributed by atoms with van der Waals surface area (Å²) >= 11 is 0. The molecule has 0 bridgehead atoms. The number of anilines is 1. The Balaban J connectivity index is 1.48. The van der Waals surface area contributed by atoms with Crippen LogP contribution in [0.15, 0.2) is 76.2 Å². The van der Waals surface area contributed by atoms with Crippen LogP contribution in [0.3, 0.4) is 0 Å². The summed E-state index contributed by atoms with van der Waals surface area (Å²) in [6.07, 6.45) is 3.58. The van der Waals surface area contributed by atoms with E-state index in [0.717, 1.165) is 17.0 Å². The number of methoxy groups -OCH3 is 1. The fourth-order valence-corrected chi connectivity index (χ4v) is 3.66. The fourth-order valence-electron chi connectivity index (χ4n) is 3.66. The van der Waals surface area contributed by atoms with E-state index in [1.807, 2.05) is 35.7 Å². The number of nitrogens with zero attached hydrogens (tertiary/aromatic N) is 3. The number of benzene rings is 2. The Kier molecular flexibility index (Phi) is 4.67. The normalized spacial score (nSPS) is 11.1. The number of nitrogens with one attached hydrogen (secondary N) is 1. The number of ether oxygens (including phenoxy) is 1. The van der Waals surface area contributed by atoms with Crippen LogP contribution in [0.5, 0.6) is 5.75 Å². The third kappa shape index (κ3) is 3.27. The van der Waals surface area contributed by atoms with Crippen molar-refractivity contribution in [3.05, 3.63) is 88.7 Å². The van der Waals surface area contributed by atoms with Crippen LogP contribution in [0.25, 0.3) is 28.0 Å². The summed E-state index contributed by atoms with van der Waals surface area (Å²) in [5.74, 6) is 0.462. The van der Waals surface area contributed by atoms with Gasteiger partial charge in [0, 0.05) is 34.7 Å². The van der Waals surface area contributed by atoms with Gasteiger partial charge in [-0.05, 0) is 37.3 Å². The average Bonchev–Trinajstić information content (AvgIpc) is 3.15. The lowest BCUT2D eigenvalue weighted by Gasteiger charge is -2.08. The number of carbonyl (C=O) groups excluding carboxylic acids is 1. The number of fused-ring (bicyclic) bond motifs is 2. The molecule has 0 saturated heterocycles. The molecule has 0 atom stereocenters. The van der Waals surface area contributed by atoms with Gasteiger partial charge in [0.05, 0.1) is 12.8 Å². The number of rotatable bonds is 4. The lowest BCUT2D eigenvalue weighted by Crippen LogP contribution is -2.20. The molecule has 32 heavy (non-hydrogen) atoms. The molecule has 0 radical (unpaired) electrons. The van der Waals surface area contributed by atoms with Crippen LogP contribution in [0.1, 0.15) is 16.1 Å². The Morgan fingerprint density at radius 3 is 2.78 bits per heavy atom. The zero-order chi connectivity index (χ0) is 22.2. The second kappa shape index (κ2) is 7.66. The van der Waals surface area contributed by atoms with Crippen LogP contribution < -0.4 is 15.7 Å². The molecule has 0 aliphatic heterocycles. The van der Waals surface area contributed by atoms with Gasteiger partial charge in [-0.1, -0.05) is 24.3 Å². The quantitative estimate of drug-likeness (QED) is 0.435. The van der Waals surface area contributed by atoms with E-state index in [1.165, 1.54) is 13.2 Å². The van der Waals surface area contributed by atoms with E-state index < -0.39 is 11.5 Å². The van der Waals surface area contributed by atoms with E-state index in [2.05, 4.69) is 15.3 Å². The highest BCUT2D eigenvalue weighted by atomic mass is 16.5. The summed E-state index contributed by atoms with van der Waals surface area (Å²) in [5, 5.41) is 3.37. The number of imidazole rings is 1. The van der Waals surface area contributed by atoms with Gasteiger partial charge in [0.15, 0.2) is 11.3 Å². The van der Waals surface area contributed by atoms with Gasteiger partial charge in [-0.2, -0.15) is 0 Å². The Labute approximate surface area is 182 Å². The maximum atomic E-state index is 12.9. The Morgan fingerprint density at radius 2 is 1.97 bits per heavy atom. The van der Waals surface area contributed by atoms with Gasteiger partial charge in [-0.15, -0.1) is 0 Å². The molecule has 0 aliphatic carbocycles.